The molecule has 0 radical (unpaired) electrons. The van der Waals surface area contributed by atoms with Gasteiger partial charge in [0.2, 0.25) is 6.41 Å². The molecular weight excluding hydrogens is 646 g/mol. The highest BCUT2D eigenvalue weighted by Crippen LogP contribution is 2.49. The zero-order chi connectivity index (χ0) is 35.4. The number of alkyl carbamates (subject to hydrolysis) is 1. The summed E-state index contributed by atoms with van der Waals surface area (Å²) in [7, 11) is 6.36. The van der Waals surface area contributed by atoms with E-state index in [1.165, 1.54) is 19.1 Å². The zero-order valence-corrected chi connectivity index (χ0v) is 29.6. The van der Waals surface area contributed by atoms with Crippen molar-refractivity contribution in [1.82, 2.24) is 10.2 Å². The van der Waals surface area contributed by atoms with Crippen LogP contribution in [0.25, 0.3) is 0 Å². The summed E-state index contributed by atoms with van der Waals surface area (Å²) in [5.74, 6) is -0.487. The van der Waals surface area contributed by atoms with Crippen LogP contribution in [-0.2, 0) is 39.7 Å². The number of carbonyl (C=O) groups excluding carboxylic acids is 3. The highest BCUT2D eigenvalue weighted by molar-refractivity contribution is 6.34. The minimum atomic E-state index is -1.77. The van der Waals surface area contributed by atoms with Crippen LogP contribution in [0.1, 0.15) is 46.1 Å². The summed E-state index contributed by atoms with van der Waals surface area (Å²) < 4.78 is 35.1. The Hall–Kier alpha value is -3.36. The standard InChI is InChI=1S/C34H48ClN3O10/c1-20-10-9-11-28(44-8)34(42)17-26(46-32(41)36-34)21(2)30-33(4,48-30)27(47-31(40)22(3)37(5)18-39)12-13-45-19-38(6)24-15-23(14-20)16-25(43-7)29(24)35/h9-11,15-16,18,21-22,26-28,30,42H,12-14,17,19H2,1-8H3,(H,36,41)/b11-9+,20-10+. The van der Waals surface area contributed by atoms with Crippen LogP contribution >= 0.6 is 11.6 Å². The summed E-state index contributed by atoms with van der Waals surface area (Å²) >= 11 is 6.71. The molecule has 2 saturated heterocycles. The van der Waals surface area contributed by atoms with E-state index < -0.39 is 59.8 Å². The molecular formula is C34H48ClN3O10. The van der Waals surface area contributed by atoms with E-state index in [2.05, 4.69) is 5.32 Å². The fraction of sp³-hybridized carbons (Fsp3) is 0.618. The lowest BCUT2D eigenvalue weighted by molar-refractivity contribution is -0.160. The summed E-state index contributed by atoms with van der Waals surface area (Å²) in [6, 6.07) is 3.02. The van der Waals surface area contributed by atoms with E-state index in [0.29, 0.717) is 29.3 Å². The number of amides is 2. The maximum Gasteiger partial charge on any atom is 0.409 e. The molecule has 1 aromatic carbocycles. The van der Waals surface area contributed by atoms with Gasteiger partial charge in [0.1, 0.15) is 47.5 Å². The van der Waals surface area contributed by atoms with Crippen LogP contribution in [0.5, 0.6) is 5.75 Å². The Morgan fingerprint density at radius 2 is 2.04 bits per heavy atom. The number of aliphatic hydroxyl groups is 1. The van der Waals surface area contributed by atoms with Gasteiger partial charge in [-0.25, -0.2) is 9.59 Å². The van der Waals surface area contributed by atoms with Crippen molar-refractivity contribution in [1.29, 1.82) is 0 Å². The highest BCUT2D eigenvalue weighted by atomic mass is 35.5. The summed E-state index contributed by atoms with van der Waals surface area (Å²) in [5, 5.41) is 14.7. The number of allylic oxidation sites excluding steroid dienone is 3. The van der Waals surface area contributed by atoms with Gasteiger partial charge < -0.3 is 43.3 Å². The molecule has 8 unspecified atom stereocenters. The van der Waals surface area contributed by atoms with Crippen LogP contribution in [-0.4, -0.2) is 112 Å². The van der Waals surface area contributed by atoms with Crippen molar-refractivity contribution in [3.05, 3.63) is 46.5 Å². The number of carbonyl (C=O) groups is 3. The van der Waals surface area contributed by atoms with E-state index in [1.54, 1.807) is 26.2 Å². The third-order valence-corrected chi connectivity index (χ3v) is 9.83. The van der Waals surface area contributed by atoms with Gasteiger partial charge in [-0.15, -0.1) is 0 Å². The second-order valence-electron chi connectivity index (χ2n) is 13.0. The molecule has 4 bridgehead atoms. The van der Waals surface area contributed by atoms with E-state index >= 15 is 0 Å². The number of ether oxygens (including phenoxy) is 6. The van der Waals surface area contributed by atoms with Gasteiger partial charge in [0, 0.05) is 40.0 Å². The minimum absolute atomic E-state index is 0.00972. The summed E-state index contributed by atoms with van der Waals surface area (Å²) in [5.41, 5.74) is -0.0673. The third kappa shape index (κ3) is 8.25. The van der Waals surface area contributed by atoms with Crippen LogP contribution in [0.2, 0.25) is 5.02 Å². The van der Waals surface area contributed by atoms with Crippen LogP contribution in [0.4, 0.5) is 10.5 Å². The number of hydrogen-bond donors (Lipinski definition) is 2. The molecule has 2 fully saturated rings. The zero-order valence-electron chi connectivity index (χ0n) is 28.9. The fourth-order valence-corrected chi connectivity index (χ4v) is 6.60. The number of likely N-dealkylation sites (N-methyl/N-ethyl adjacent to an activating group) is 1. The Balaban J connectivity index is 1.69. The largest absolute Gasteiger partial charge is 0.495 e. The van der Waals surface area contributed by atoms with Crippen molar-refractivity contribution in [2.24, 2.45) is 5.92 Å². The second kappa shape index (κ2) is 15.5. The average molecular weight is 694 g/mol. The number of methoxy groups -OCH3 is 2. The number of epoxide rings is 1. The predicted molar refractivity (Wildman–Crippen MR) is 178 cm³/mol. The summed E-state index contributed by atoms with van der Waals surface area (Å²) in [6.07, 6.45) is 3.08. The van der Waals surface area contributed by atoms with Crippen LogP contribution in [0, 0.1) is 5.92 Å². The normalized spacial score (nSPS) is 33.6. The molecule has 4 rings (SSSR count). The van der Waals surface area contributed by atoms with Crippen LogP contribution < -0.4 is 15.0 Å². The average Bonchev–Trinajstić information content (AvgIpc) is 3.74. The lowest BCUT2D eigenvalue weighted by atomic mass is 9.84. The maximum atomic E-state index is 13.1. The maximum absolute atomic E-state index is 13.1. The van der Waals surface area contributed by atoms with E-state index in [9.17, 15) is 19.5 Å². The van der Waals surface area contributed by atoms with Gasteiger partial charge in [-0.2, -0.15) is 0 Å². The number of halogens is 1. The molecule has 48 heavy (non-hydrogen) atoms. The molecule has 266 valence electrons. The monoisotopic (exact) mass is 693 g/mol. The van der Waals surface area contributed by atoms with Gasteiger partial charge in [-0.05, 0) is 44.9 Å². The molecule has 13 nitrogen and oxygen atoms in total. The first-order chi connectivity index (χ1) is 22.7. The smallest absolute Gasteiger partial charge is 0.409 e. The number of nitrogens with zero attached hydrogens (tertiary/aromatic N) is 2. The van der Waals surface area contributed by atoms with Crippen molar-refractivity contribution < 1.29 is 47.9 Å². The molecule has 0 spiro atoms. The molecule has 2 N–H and O–H groups in total. The summed E-state index contributed by atoms with van der Waals surface area (Å²) in [4.78, 5) is 40.3. The molecule has 3 aliphatic heterocycles. The fourth-order valence-electron chi connectivity index (χ4n) is 6.27. The van der Waals surface area contributed by atoms with Crippen molar-refractivity contribution >= 4 is 35.8 Å². The molecule has 0 saturated carbocycles. The number of benzene rings is 1. The topological polar surface area (TPSA) is 149 Å². The second-order valence-corrected chi connectivity index (χ2v) is 13.4. The van der Waals surface area contributed by atoms with E-state index in [0.717, 1.165) is 11.1 Å². The SMILES string of the molecule is COc1cc2cc(c1Cl)N(C)COCCC(OC(=O)C(C)N(C)C=O)C1(C)OC1C(C)C1CC(O)(NC(=O)O1)C(OC)/C=C/C=C(\C)C2. The lowest BCUT2D eigenvalue weighted by Gasteiger charge is -2.42. The molecule has 1 aromatic rings. The Bertz CT molecular complexity index is 1410. The lowest BCUT2D eigenvalue weighted by Crippen LogP contribution is -2.63. The number of fused-ring (bicyclic) bond motifs is 5. The van der Waals surface area contributed by atoms with Gasteiger partial charge in [-0.1, -0.05) is 42.3 Å². The number of rotatable bonds is 6. The van der Waals surface area contributed by atoms with E-state index in [-0.39, 0.29) is 26.2 Å². The Morgan fingerprint density at radius 3 is 2.71 bits per heavy atom. The molecule has 14 heteroatoms. The first-order valence-corrected chi connectivity index (χ1v) is 16.3. The number of hydrogen-bond acceptors (Lipinski definition) is 11. The molecule has 3 aliphatic rings. The van der Waals surface area contributed by atoms with Gasteiger partial charge in [0.15, 0.2) is 5.72 Å². The Kier molecular flexibility index (Phi) is 12.1. The van der Waals surface area contributed by atoms with Crippen molar-refractivity contribution in [2.75, 3.05) is 46.6 Å². The molecule has 2 amide bonds. The van der Waals surface area contributed by atoms with Crippen LogP contribution in [0.15, 0.2) is 35.9 Å². The first kappa shape index (κ1) is 37.5. The van der Waals surface area contributed by atoms with Crippen LogP contribution in [0.3, 0.4) is 0 Å². The van der Waals surface area contributed by atoms with Gasteiger partial charge in [0.05, 0.1) is 25.5 Å². The number of anilines is 1. The highest BCUT2D eigenvalue weighted by Gasteiger charge is 2.64. The van der Waals surface area contributed by atoms with E-state index in [4.69, 9.17) is 40.0 Å². The van der Waals surface area contributed by atoms with Gasteiger partial charge in [0.25, 0.3) is 0 Å². The summed E-state index contributed by atoms with van der Waals surface area (Å²) in [6.45, 7) is 7.60. The van der Waals surface area contributed by atoms with Crippen molar-refractivity contribution in [3.63, 3.8) is 0 Å². The predicted octanol–water partition coefficient (Wildman–Crippen LogP) is 3.59. The minimum Gasteiger partial charge on any atom is -0.495 e. The number of nitrogens with one attached hydrogen (secondary N) is 1. The molecule has 3 heterocycles. The van der Waals surface area contributed by atoms with E-state index in [1.807, 2.05) is 50.9 Å². The Labute approximate surface area is 287 Å². The van der Waals surface area contributed by atoms with Crippen molar-refractivity contribution in [2.45, 2.75) is 88.7 Å². The third-order valence-electron chi connectivity index (χ3n) is 9.45. The Morgan fingerprint density at radius 1 is 1.31 bits per heavy atom. The first-order valence-electron chi connectivity index (χ1n) is 16.0. The van der Waals surface area contributed by atoms with Crippen molar-refractivity contribution in [3.8, 4) is 5.75 Å². The molecule has 0 aromatic heterocycles. The number of esters is 1. The molecule has 8 atom stereocenters. The van der Waals surface area contributed by atoms with Gasteiger partial charge in [-0.3, -0.25) is 10.1 Å². The molecule has 0 aliphatic carbocycles. The van der Waals surface area contributed by atoms with Gasteiger partial charge >= 0.3 is 12.1 Å². The quantitative estimate of drug-likeness (QED) is 0.256.